The number of hydrogen-bond donors (Lipinski definition) is 1. The zero-order valence-corrected chi connectivity index (χ0v) is 12.8. The highest BCUT2D eigenvalue weighted by atomic mass is 35.5. The smallest absolute Gasteiger partial charge is 0.323 e. The molecule has 22 heavy (non-hydrogen) atoms. The van der Waals surface area contributed by atoms with Crippen molar-refractivity contribution in [1.82, 2.24) is 4.98 Å². The molecule has 1 aromatic heterocycles. The van der Waals surface area contributed by atoms with Gasteiger partial charge in [-0.05, 0) is 48.5 Å². The highest BCUT2D eigenvalue weighted by Crippen LogP contribution is 2.32. The third-order valence-corrected chi connectivity index (χ3v) is 3.71. The second-order valence-electron chi connectivity index (χ2n) is 4.64. The number of carbonyl (C=O) groups is 1. The molecule has 0 aliphatic rings. The predicted octanol–water partition coefficient (Wildman–Crippen LogP) is 4.76. The summed E-state index contributed by atoms with van der Waals surface area (Å²) in [6, 6.07) is 13.3. The van der Waals surface area contributed by atoms with E-state index in [1.54, 1.807) is 48.7 Å². The maximum Gasteiger partial charge on any atom is 0.323 e. The minimum absolute atomic E-state index is 0.578. The van der Waals surface area contributed by atoms with Crippen LogP contribution >= 0.6 is 23.2 Å². The molecule has 3 aromatic rings. The second kappa shape index (κ2) is 5.83. The molecule has 2 amide bonds. The molecule has 3 rings (SSSR count). The summed E-state index contributed by atoms with van der Waals surface area (Å²) in [5.41, 5.74) is 7.51. The Morgan fingerprint density at radius 1 is 1.00 bits per heavy atom. The van der Waals surface area contributed by atoms with Gasteiger partial charge in [0, 0.05) is 21.6 Å². The lowest BCUT2D eigenvalue weighted by Crippen LogP contribution is -2.31. The van der Waals surface area contributed by atoms with Gasteiger partial charge in [0.25, 0.3) is 0 Å². The molecular weight excluding hydrogens is 321 g/mol. The summed E-state index contributed by atoms with van der Waals surface area (Å²) in [5, 5.41) is 1.94. The normalized spacial score (nSPS) is 10.6. The van der Waals surface area contributed by atoms with E-state index >= 15 is 0 Å². The van der Waals surface area contributed by atoms with E-state index in [9.17, 15) is 4.79 Å². The molecule has 0 unspecified atom stereocenters. The average molecular weight is 332 g/mol. The van der Waals surface area contributed by atoms with Crippen LogP contribution in [0.2, 0.25) is 10.0 Å². The van der Waals surface area contributed by atoms with E-state index in [0.717, 1.165) is 5.39 Å². The van der Waals surface area contributed by atoms with Gasteiger partial charge < -0.3 is 5.73 Å². The van der Waals surface area contributed by atoms with E-state index in [4.69, 9.17) is 28.9 Å². The Labute approximate surface area is 137 Å². The van der Waals surface area contributed by atoms with Crippen LogP contribution in [0.25, 0.3) is 10.9 Å². The Balaban J connectivity index is 2.21. The van der Waals surface area contributed by atoms with Gasteiger partial charge in [0.1, 0.15) is 0 Å². The molecule has 0 radical (unpaired) electrons. The summed E-state index contributed by atoms with van der Waals surface area (Å²) in [4.78, 5) is 17.6. The molecule has 2 N–H and O–H groups in total. The first-order valence-electron chi connectivity index (χ1n) is 6.45. The van der Waals surface area contributed by atoms with E-state index in [-0.39, 0.29) is 0 Å². The summed E-state index contributed by atoms with van der Waals surface area (Å²) < 4.78 is 0. The summed E-state index contributed by atoms with van der Waals surface area (Å²) in [5.74, 6) is 0. The van der Waals surface area contributed by atoms with Gasteiger partial charge >= 0.3 is 6.03 Å². The molecule has 1 heterocycles. The fourth-order valence-corrected chi connectivity index (χ4v) is 2.57. The van der Waals surface area contributed by atoms with Gasteiger partial charge in [-0.15, -0.1) is 0 Å². The van der Waals surface area contributed by atoms with Crippen molar-refractivity contribution in [2.75, 3.05) is 4.90 Å². The zero-order chi connectivity index (χ0) is 15.7. The summed E-state index contributed by atoms with van der Waals surface area (Å²) in [6.45, 7) is 0. The molecule has 0 aliphatic carbocycles. The van der Waals surface area contributed by atoms with Crippen molar-refractivity contribution in [3.8, 4) is 0 Å². The number of halogens is 2. The van der Waals surface area contributed by atoms with Crippen molar-refractivity contribution < 1.29 is 4.79 Å². The molecule has 0 bridgehead atoms. The molecule has 0 fully saturated rings. The molecule has 0 spiro atoms. The largest absolute Gasteiger partial charge is 0.351 e. The first-order chi connectivity index (χ1) is 10.6. The highest BCUT2D eigenvalue weighted by Gasteiger charge is 2.18. The van der Waals surface area contributed by atoms with Crippen molar-refractivity contribution in [2.45, 2.75) is 0 Å². The van der Waals surface area contributed by atoms with Gasteiger partial charge in [0.05, 0.1) is 16.9 Å². The number of urea groups is 1. The second-order valence-corrected chi connectivity index (χ2v) is 5.51. The molecule has 0 saturated carbocycles. The van der Waals surface area contributed by atoms with Crippen LogP contribution in [0.5, 0.6) is 0 Å². The van der Waals surface area contributed by atoms with E-state index in [0.29, 0.717) is 26.9 Å². The van der Waals surface area contributed by atoms with Gasteiger partial charge in [0.2, 0.25) is 0 Å². The topological polar surface area (TPSA) is 59.2 Å². The molecule has 110 valence electrons. The van der Waals surface area contributed by atoms with Crippen LogP contribution in [0.1, 0.15) is 0 Å². The average Bonchev–Trinajstić information content (AvgIpc) is 2.49. The van der Waals surface area contributed by atoms with Crippen LogP contribution in [0.15, 0.2) is 54.7 Å². The summed E-state index contributed by atoms with van der Waals surface area (Å²) in [6.07, 6.45) is 1.61. The third-order valence-electron chi connectivity index (χ3n) is 3.23. The molecule has 0 atom stereocenters. The number of primary amides is 1. The Morgan fingerprint density at radius 2 is 1.68 bits per heavy atom. The highest BCUT2D eigenvalue weighted by molar-refractivity contribution is 6.31. The Kier molecular flexibility index (Phi) is 3.88. The van der Waals surface area contributed by atoms with Crippen LogP contribution in [0.4, 0.5) is 16.2 Å². The Hall–Kier alpha value is -2.30. The van der Waals surface area contributed by atoms with Gasteiger partial charge in [0.15, 0.2) is 0 Å². The number of nitrogens with two attached hydrogens (primary N) is 1. The number of nitrogens with zero attached hydrogens (tertiary/aromatic N) is 2. The zero-order valence-electron chi connectivity index (χ0n) is 11.3. The summed E-state index contributed by atoms with van der Waals surface area (Å²) in [7, 11) is 0. The number of carbonyl (C=O) groups excluding carboxylic acids is 1. The van der Waals surface area contributed by atoms with Crippen LogP contribution in [0, 0.1) is 0 Å². The molecule has 0 saturated heterocycles. The molecule has 2 aromatic carbocycles. The maximum absolute atomic E-state index is 12.0. The number of pyridine rings is 1. The lowest BCUT2D eigenvalue weighted by molar-refractivity contribution is 0.256. The standard InChI is InChI=1S/C16H11Cl2N3O/c17-10-1-4-12(5-2-10)21(16(19)22)15-7-8-20-14-9-11(18)3-6-13(14)15/h1-9H,(H2,19,22). The van der Waals surface area contributed by atoms with E-state index in [1.807, 2.05) is 6.07 Å². The van der Waals surface area contributed by atoms with Gasteiger partial charge in [-0.25, -0.2) is 4.79 Å². The first kappa shape index (κ1) is 14.6. The number of hydrogen-bond acceptors (Lipinski definition) is 2. The molecule has 4 nitrogen and oxygen atoms in total. The SMILES string of the molecule is NC(=O)N(c1ccc(Cl)cc1)c1ccnc2cc(Cl)ccc12. The molecule has 6 heteroatoms. The maximum atomic E-state index is 12.0. The van der Waals surface area contributed by atoms with Crippen molar-refractivity contribution in [3.63, 3.8) is 0 Å². The van der Waals surface area contributed by atoms with E-state index < -0.39 is 6.03 Å². The minimum Gasteiger partial charge on any atom is -0.351 e. The van der Waals surface area contributed by atoms with Crippen molar-refractivity contribution in [3.05, 3.63) is 64.8 Å². The molecular formula is C16H11Cl2N3O. The van der Waals surface area contributed by atoms with Crippen LogP contribution < -0.4 is 10.6 Å². The number of aromatic nitrogens is 1. The number of benzene rings is 2. The fraction of sp³-hybridized carbons (Fsp3) is 0. The predicted molar refractivity (Wildman–Crippen MR) is 89.9 cm³/mol. The van der Waals surface area contributed by atoms with Crippen molar-refractivity contribution in [1.29, 1.82) is 0 Å². The monoisotopic (exact) mass is 331 g/mol. The van der Waals surface area contributed by atoms with Crippen LogP contribution in [-0.4, -0.2) is 11.0 Å². The number of fused-ring (bicyclic) bond motifs is 1. The Morgan fingerprint density at radius 3 is 2.36 bits per heavy atom. The van der Waals surface area contributed by atoms with E-state index in [2.05, 4.69) is 4.98 Å². The third kappa shape index (κ3) is 2.71. The molecule has 0 aliphatic heterocycles. The van der Waals surface area contributed by atoms with Gasteiger partial charge in [-0.2, -0.15) is 0 Å². The number of amides is 2. The van der Waals surface area contributed by atoms with Gasteiger partial charge in [-0.1, -0.05) is 23.2 Å². The van der Waals surface area contributed by atoms with Crippen LogP contribution in [-0.2, 0) is 0 Å². The minimum atomic E-state index is -0.593. The Bertz CT molecular complexity index is 850. The van der Waals surface area contributed by atoms with Crippen LogP contribution in [0.3, 0.4) is 0 Å². The lowest BCUT2D eigenvalue weighted by Gasteiger charge is -2.22. The van der Waals surface area contributed by atoms with E-state index in [1.165, 1.54) is 4.90 Å². The lowest BCUT2D eigenvalue weighted by atomic mass is 10.1. The number of anilines is 2. The van der Waals surface area contributed by atoms with Gasteiger partial charge in [-0.3, -0.25) is 9.88 Å². The van der Waals surface area contributed by atoms with Crippen molar-refractivity contribution >= 4 is 51.5 Å². The summed E-state index contributed by atoms with van der Waals surface area (Å²) >= 11 is 11.9. The number of rotatable bonds is 2. The fourth-order valence-electron chi connectivity index (χ4n) is 2.28. The first-order valence-corrected chi connectivity index (χ1v) is 7.21. The van der Waals surface area contributed by atoms with Crippen molar-refractivity contribution in [2.24, 2.45) is 5.73 Å². The quantitative estimate of drug-likeness (QED) is 0.735.